The van der Waals surface area contributed by atoms with Crippen molar-refractivity contribution in [3.8, 4) is 5.75 Å². The van der Waals surface area contributed by atoms with E-state index >= 15 is 0 Å². The molecule has 0 heterocycles. The van der Waals surface area contributed by atoms with E-state index in [0.29, 0.717) is 11.4 Å². The summed E-state index contributed by atoms with van der Waals surface area (Å²) in [6.07, 6.45) is 0. The van der Waals surface area contributed by atoms with E-state index in [1.165, 1.54) is 30.3 Å². The van der Waals surface area contributed by atoms with Crippen molar-refractivity contribution in [1.82, 2.24) is 0 Å². The molecule has 0 aliphatic rings. The Morgan fingerprint density at radius 2 is 1.74 bits per heavy atom. The van der Waals surface area contributed by atoms with Crippen LogP contribution in [-0.4, -0.2) is 20.6 Å². The van der Waals surface area contributed by atoms with Gasteiger partial charge in [-0.2, -0.15) is 0 Å². The SMILES string of the molecule is CNc1cc(NS(=O)(=O)c2ccccc2)ccc1O. The lowest BCUT2D eigenvalue weighted by atomic mass is 10.2. The van der Waals surface area contributed by atoms with Gasteiger partial charge in [-0.1, -0.05) is 18.2 Å². The maximum absolute atomic E-state index is 12.1. The minimum absolute atomic E-state index is 0.0603. The van der Waals surface area contributed by atoms with Crippen LogP contribution in [0.1, 0.15) is 0 Å². The fourth-order valence-corrected chi connectivity index (χ4v) is 2.68. The molecule has 100 valence electrons. The van der Waals surface area contributed by atoms with E-state index in [0.717, 1.165) is 0 Å². The molecule has 2 aromatic rings. The predicted molar refractivity (Wildman–Crippen MR) is 74.9 cm³/mol. The molecule has 2 aromatic carbocycles. The smallest absolute Gasteiger partial charge is 0.261 e. The first-order valence-corrected chi connectivity index (χ1v) is 7.10. The molecule has 19 heavy (non-hydrogen) atoms. The largest absolute Gasteiger partial charge is 0.506 e. The lowest BCUT2D eigenvalue weighted by molar-refractivity contribution is 0.477. The van der Waals surface area contributed by atoms with Crippen molar-refractivity contribution in [2.45, 2.75) is 4.90 Å². The second-order valence-corrected chi connectivity index (χ2v) is 5.58. The van der Waals surface area contributed by atoms with Crippen molar-refractivity contribution in [2.75, 3.05) is 17.1 Å². The van der Waals surface area contributed by atoms with Crippen LogP contribution in [0.3, 0.4) is 0 Å². The summed E-state index contributed by atoms with van der Waals surface area (Å²) in [4.78, 5) is 0.189. The molecule has 2 rings (SSSR count). The third-order valence-corrected chi connectivity index (χ3v) is 3.97. The first-order valence-electron chi connectivity index (χ1n) is 5.61. The summed E-state index contributed by atoms with van der Waals surface area (Å²) in [6, 6.07) is 12.5. The van der Waals surface area contributed by atoms with Crippen molar-refractivity contribution < 1.29 is 13.5 Å². The Bertz CT molecular complexity index is 670. The van der Waals surface area contributed by atoms with Gasteiger partial charge in [0.25, 0.3) is 10.0 Å². The molecule has 0 saturated heterocycles. The number of rotatable bonds is 4. The summed E-state index contributed by atoms with van der Waals surface area (Å²) in [6.45, 7) is 0. The molecule has 5 nitrogen and oxygen atoms in total. The lowest BCUT2D eigenvalue weighted by Crippen LogP contribution is -2.12. The minimum Gasteiger partial charge on any atom is -0.506 e. The van der Waals surface area contributed by atoms with E-state index in [1.807, 2.05) is 0 Å². The number of anilines is 2. The van der Waals surface area contributed by atoms with E-state index in [4.69, 9.17) is 0 Å². The summed E-state index contributed by atoms with van der Waals surface area (Å²) >= 11 is 0. The van der Waals surface area contributed by atoms with Gasteiger partial charge < -0.3 is 10.4 Å². The number of hydrogen-bond donors (Lipinski definition) is 3. The normalized spacial score (nSPS) is 11.0. The van der Waals surface area contributed by atoms with Gasteiger partial charge in [-0.3, -0.25) is 4.72 Å². The number of phenols is 1. The Morgan fingerprint density at radius 3 is 2.37 bits per heavy atom. The van der Waals surface area contributed by atoms with Crippen LogP contribution < -0.4 is 10.0 Å². The average Bonchev–Trinajstić information content (AvgIpc) is 2.42. The Balaban J connectivity index is 2.31. The van der Waals surface area contributed by atoms with Crippen LogP contribution in [0, 0.1) is 0 Å². The molecule has 0 saturated carbocycles. The van der Waals surface area contributed by atoms with E-state index in [9.17, 15) is 13.5 Å². The van der Waals surface area contributed by atoms with Crippen LogP contribution in [0.5, 0.6) is 5.75 Å². The molecule has 0 radical (unpaired) electrons. The molecule has 6 heteroatoms. The fraction of sp³-hybridized carbons (Fsp3) is 0.0769. The molecular formula is C13H14N2O3S. The molecule has 0 aliphatic carbocycles. The molecular weight excluding hydrogens is 264 g/mol. The topological polar surface area (TPSA) is 78.4 Å². The number of phenolic OH excluding ortho intramolecular Hbond substituents is 1. The first kappa shape index (κ1) is 13.2. The minimum atomic E-state index is -3.61. The van der Waals surface area contributed by atoms with Crippen LogP contribution in [0.2, 0.25) is 0 Å². The quantitative estimate of drug-likeness (QED) is 0.592. The van der Waals surface area contributed by atoms with Gasteiger partial charge in [0.05, 0.1) is 16.3 Å². The molecule has 0 fully saturated rings. The first-order chi connectivity index (χ1) is 9.03. The van der Waals surface area contributed by atoms with E-state index in [1.54, 1.807) is 25.2 Å². The Hall–Kier alpha value is -2.21. The van der Waals surface area contributed by atoms with Crippen molar-refractivity contribution in [3.63, 3.8) is 0 Å². The number of benzene rings is 2. The van der Waals surface area contributed by atoms with E-state index in [2.05, 4.69) is 10.0 Å². The van der Waals surface area contributed by atoms with Crippen molar-refractivity contribution in [2.24, 2.45) is 0 Å². The molecule has 0 amide bonds. The van der Waals surface area contributed by atoms with E-state index in [-0.39, 0.29) is 10.6 Å². The van der Waals surface area contributed by atoms with Crippen molar-refractivity contribution in [3.05, 3.63) is 48.5 Å². The predicted octanol–water partition coefficient (Wildman–Crippen LogP) is 2.23. The van der Waals surface area contributed by atoms with E-state index < -0.39 is 10.0 Å². The Kier molecular flexibility index (Phi) is 3.62. The fourth-order valence-electron chi connectivity index (χ4n) is 1.61. The highest BCUT2D eigenvalue weighted by atomic mass is 32.2. The monoisotopic (exact) mass is 278 g/mol. The van der Waals surface area contributed by atoms with Crippen LogP contribution in [0.25, 0.3) is 0 Å². The molecule has 0 unspecified atom stereocenters. The third-order valence-electron chi connectivity index (χ3n) is 2.57. The Morgan fingerprint density at radius 1 is 1.05 bits per heavy atom. The van der Waals surface area contributed by atoms with Gasteiger partial charge in [-0.25, -0.2) is 8.42 Å². The standard InChI is InChI=1S/C13H14N2O3S/c1-14-12-9-10(7-8-13(12)16)15-19(17,18)11-5-3-2-4-6-11/h2-9,14-16H,1H3. The van der Waals surface area contributed by atoms with Crippen LogP contribution in [0.15, 0.2) is 53.4 Å². The van der Waals surface area contributed by atoms with Gasteiger partial charge in [0.15, 0.2) is 0 Å². The number of hydrogen-bond acceptors (Lipinski definition) is 4. The third kappa shape index (κ3) is 2.97. The number of aromatic hydroxyl groups is 1. The second kappa shape index (κ2) is 5.19. The highest BCUT2D eigenvalue weighted by Crippen LogP contribution is 2.27. The van der Waals surface area contributed by atoms with Gasteiger partial charge in [0.1, 0.15) is 5.75 Å². The van der Waals surface area contributed by atoms with Gasteiger partial charge in [0, 0.05) is 7.05 Å². The van der Waals surface area contributed by atoms with Crippen molar-refractivity contribution >= 4 is 21.4 Å². The summed E-state index contributed by atoms with van der Waals surface area (Å²) in [5, 5.41) is 12.3. The zero-order valence-electron chi connectivity index (χ0n) is 10.3. The Labute approximate surface area is 112 Å². The van der Waals surface area contributed by atoms with Crippen LogP contribution in [0.4, 0.5) is 11.4 Å². The average molecular weight is 278 g/mol. The molecule has 0 bridgehead atoms. The van der Waals surface area contributed by atoms with Crippen LogP contribution in [-0.2, 0) is 10.0 Å². The second-order valence-electron chi connectivity index (χ2n) is 3.90. The summed E-state index contributed by atoms with van der Waals surface area (Å²) in [5.74, 6) is 0.0603. The molecule has 0 atom stereocenters. The summed E-state index contributed by atoms with van der Waals surface area (Å²) in [5.41, 5.74) is 0.833. The van der Waals surface area contributed by atoms with Gasteiger partial charge in [-0.15, -0.1) is 0 Å². The van der Waals surface area contributed by atoms with Gasteiger partial charge in [-0.05, 0) is 30.3 Å². The number of sulfonamides is 1. The highest BCUT2D eigenvalue weighted by molar-refractivity contribution is 7.92. The highest BCUT2D eigenvalue weighted by Gasteiger charge is 2.14. The van der Waals surface area contributed by atoms with Crippen molar-refractivity contribution in [1.29, 1.82) is 0 Å². The number of nitrogens with one attached hydrogen (secondary N) is 2. The van der Waals surface area contributed by atoms with Crippen LogP contribution >= 0.6 is 0 Å². The summed E-state index contributed by atoms with van der Waals surface area (Å²) in [7, 11) is -1.97. The summed E-state index contributed by atoms with van der Waals surface area (Å²) < 4.78 is 26.6. The lowest BCUT2D eigenvalue weighted by Gasteiger charge is -2.10. The zero-order valence-corrected chi connectivity index (χ0v) is 11.1. The molecule has 0 aliphatic heterocycles. The van der Waals surface area contributed by atoms with Gasteiger partial charge >= 0.3 is 0 Å². The molecule has 0 aromatic heterocycles. The maximum Gasteiger partial charge on any atom is 0.261 e. The zero-order chi connectivity index (χ0) is 13.9. The molecule has 0 spiro atoms. The van der Waals surface area contributed by atoms with Gasteiger partial charge in [0.2, 0.25) is 0 Å². The molecule has 3 N–H and O–H groups in total. The maximum atomic E-state index is 12.1.